The van der Waals surface area contributed by atoms with Gasteiger partial charge in [-0.3, -0.25) is 4.79 Å². The van der Waals surface area contributed by atoms with E-state index in [4.69, 9.17) is 5.73 Å². The molecular weight excluding hydrogens is 104 g/mol. The van der Waals surface area contributed by atoms with Gasteiger partial charge in [0.2, 0.25) is 5.91 Å². The van der Waals surface area contributed by atoms with Gasteiger partial charge in [-0.2, -0.15) is 0 Å². The highest BCUT2D eigenvalue weighted by Gasteiger charge is 2.04. The second-order valence-corrected chi connectivity index (χ2v) is 1.87. The van der Waals surface area contributed by atoms with Gasteiger partial charge in [-0.25, -0.2) is 0 Å². The van der Waals surface area contributed by atoms with E-state index in [0.29, 0.717) is 0 Å². The summed E-state index contributed by atoms with van der Waals surface area (Å²) in [5, 5.41) is 0. The zero-order valence-electron chi connectivity index (χ0n) is 5.51. The van der Waals surface area contributed by atoms with E-state index in [-0.39, 0.29) is 12.1 Å². The van der Waals surface area contributed by atoms with E-state index in [9.17, 15) is 4.79 Å². The quantitative estimate of drug-likeness (QED) is 0.481. The van der Waals surface area contributed by atoms with Crippen LogP contribution in [0.2, 0.25) is 0 Å². The lowest BCUT2D eigenvalue weighted by molar-refractivity contribution is -0.129. The number of nitrogens with zero attached hydrogens (tertiary/aromatic N) is 1. The molecule has 0 aliphatic heterocycles. The van der Waals surface area contributed by atoms with Crippen molar-refractivity contribution in [2.45, 2.75) is 20.0 Å². The van der Waals surface area contributed by atoms with Crippen molar-refractivity contribution < 1.29 is 4.79 Å². The first-order valence-corrected chi connectivity index (χ1v) is 2.54. The lowest BCUT2D eigenvalue weighted by Gasteiger charge is -2.18. The Balaban J connectivity index is 3.64. The Morgan fingerprint density at radius 2 is 2.12 bits per heavy atom. The first kappa shape index (κ1) is 7.43. The Hall–Kier alpha value is -0.570. The van der Waals surface area contributed by atoms with E-state index in [1.54, 1.807) is 14.0 Å². The van der Waals surface area contributed by atoms with Gasteiger partial charge in [-0.05, 0) is 6.92 Å². The summed E-state index contributed by atoms with van der Waals surface area (Å²) in [5.74, 6) is 0.000000000000000444. The molecule has 0 saturated heterocycles. The monoisotopic (exact) mass is 116 g/mol. The summed E-state index contributed by atoms with van der Waals surface area (Å²) in [7, 11) is 1.67. The summed E-state index contributed by atoms with van der Waals surface area (Å²) >= 11 is 0. The minimum Gasteiger partial charge on any atom is -0.331 e. The fourth-order valence-electron chi connectivity index (χ4n) is 0.287. The van der Waals surface area contributed by atoms with Crippen LogP contribution in [0, 0.1) is 0 Å². The number of amides is 1. The van der Waals surface area contributed by atoms with Crippen LogP contribution in [-0.4, -0.2) is 24.0 Å². The Morgan fingerprint density at radius 3 is 2.12 bits per heavy atom. The van der Waals surface area contributed by atoms with E-state index >= 15 is 0 Å². The third kappa shape index (κ3) is 1.93. The smallest absolute Gasteiger partial charge is 0.220 e. The highest BCUT2D eigenvalue weighted by Crippen LogP contribution is 1.85. The molecule has 0 aromatic heterocycles. The van der Waals surface area contributed by atoms with Gasteiger partial charge < -0.3 is 10.6 Å². The lowest BCUT2D eigenvalue weighted by Crippen LogP contribution is -2.39. The largest absolute Gasteiger partial charge is 0.331 e. The molecule has 0 unspecified atom stereocenters. The number of nitrogens with two attached hydrogens (primary N) is 1. The van der Waals surface area contributed by atoms with Gasteiger partial charge in [-0.1, -0.05) is 0 Å². The third-order valence-electron chi connectivity index (χ3n) is 1.11. The molecule has 48 valence electrons. The maximum Gasteiger partial charge on any atom is 0.220 e. The fourth-order valence-corrected chi connectivity index (χ4v) is 0.287. The Bertz CT molecular complexity index is 90.4. The van der Waals surface area contributed by atoms with E-state index < -0.39 is 0 Å². The van der Waals surface area contributed by atoms with Gasteiger partial charge in [0.15, 0.2) is 0 Å². The van der Waals surface area contributed by atoms with Crippen molar-refractivity contribution >= 4 is 5.91 Å². The van der Waals surface area contributed by atoms with Crippen molar-refractivity contribution in [3.63, 3.8) is 0 Å². The Labute approximate surface area is 49.5 Å². The predicted octanol–water partition coefficient (Wildman–Crippen LogP) is -0.231. The molecule has 0 aromatic carbocycles. The van der Waals surface area contributed by atoms with Crippen molar-refractivity contribution in [2.24, 2.45) is 5.73 Å². The van der Waals surface area contributed by atoms with Crippen LogP contribution in [0.3, 0.4) is 0 Å². The Kier molecular flexibility index (Phi) is 2.48. The van der Waals surface area contributed by atoms with E-state index in [0.717, 1.165) is 0 Å². The zero-order valence-corrected chi connectivity index (χ0v) is 5.51. The average molecular weight is 116 g/mol. The molecule has 2 N–H and O–H groups in total. The van der Waals surface area contributed by atoms with Gasteiger partial charge in [0.05, 0.1) is 6.17 Å². The minimum atomic E-state index is -0.174. The number of carbonyl (C=O) groups is 1. The first-order chi connectivity index (χ1) is 3.55. The molecule has 0 aliphatic rings. The normalized spacial score (nSPS) is 13.0. The second kappa shape index (κ2) is 2.67. The van der Waals surface area contributed by atoms with Crippen molar-refractivity contribution in [3.05, 3.63) is 0 Å². The fraction of sp³-hybridized carbons (Fsp3) is 0.800. The maximum atomic E-state index is 10.4. The summed E-state index contributed by atoms with van der Waals surface area (Å²) in [5.41, 5.74) is 5.34. The molecule has 0 spiro atoms. The molecule has 0 bridgehead atoms. The zero-order chi connectivity index (χ0) is 6.73. The molecule has 0 heterocycles. The molecule has 3 heteroatoms. The molecule has 3 nitrogen and oxygen atoms in total. The number of rotatable bonds is 1. The SMILES string of the molecule is CC(=O)N(C)[C@@H](C)N. The topological polar surface area (TPSA) is 46.3 Å². The summed E-state index contributed by atoms with van der Waals surface area (Å²) in [6, 6.07) is 0. The van der Waals surface area contributed by atoms with E-state index in [1.807, 2.05) is 0 Å². The maximum absolute atomic E-state index is 10.4. The molecule has 0 saturated carbocycles. The van der Waals surface area contributed by atoms with Crippen LogP contribution in [0.25, 0.3) is 0 Å². The molecule has 8 heavy (non-hydrogen) atoms. The summed E-state index contributed by atoms with van der Waals surface area (Å²) in [6.07, 6.45) is -0.174. The highest BCUT2D eigenvalue weighted by atomic mass is 16.2. The number of hydrogen-bond donors (Lipinski definition) is 1. The van der Waals surface area contributed by atoms with Gasteiger partial charge in [0.25, 0.3) is 0 Å². The van der Waals surface area contributed by atoms with Crippen LogP contribution in [0.1, 0.15) is 13.8 Å². The summed E-state index contributed by atoms with van der Waals surface area (Å²) in [6.45, 7) is 3.25. The van der Waals surface area contributed by atoms with Crippen molar-refractivity contribution in [1.82, 2.24) is 4.90 Å². The molecular formula is C5H12N2O. The van der Waals surface area contributed by atoms with Crippen LogP contribution in [-0.2, 0) is 4.79 Å². The molecule has 0 aromatic rings. The van der Waals surface area contributed by atoms with Crippen LogP contribution in [0.5, 0.6) is 0 Å². The Morgan fingerprint density at radius 1 is 1.75 bits per heavy atom. The summed E-state index contributed by atoms with van der Waals surface area (Å²) in [4.78, 5) is 11.9. The molecule has 1 amide bonds. The third-order valence-corrected chi connectivity index (χ3v) is 1.11. The van der Waals surface area contributed by atoms with Crippen LogP contribution < -0.4 is 5.73 Å². The van der Waals surface area contributed by atoms with Gasteiger partial charge in [0, 0.05) is 14.0 Å². The van der Waals surface area contributed by atoms with E-state index in [1.165, 1.54) is 11.8 Å². The van der Waals surface area contributed by atoms with Gasteiger partial charge in [0.1, 0.15) is 0 Å². The number of hydrogen-bond acceptors (Lipinski definition) is 2. The van der Waals surface area contributed by atoms with Crippen molar-refractivity contribution in [3.8, 4) is 0 Å². The molecule has 0 fully saturated rings. The number of carbonyl (C=O) groups excluding carboxylic acids is 1. The molecule has 0 aliphatic carbocycles. The van der Waals surface area contributed by atoms with Crippen molar-refractivity contribution in [2.75, 3.05) is 7.05 Å². The van der Waals surface area contributed by atoms with Crippen LogP contribution in [0.15, 0.2) is 0 Å². The van der Waals surface area contributed by atoms with Crippen LogP contribution in [0.4, 0.5) is 0 Å². The highest BCUT2D eigenvalue weighted by molar-refractivity contribution is 5.73. The molecule has 0 rings (SSSR count). The van der Waals surface area contributed by atoms with Crippen molar-refractivity contribution in [1.29, 1.82) is 0 Å². The molecule has 1 atom stereocenters. The second-order valence-electron chi connectivity index (χ2n) is 1.87. The average Bonchev–Trinajstić information content (AvgIpc) is 1.64. The molecule has 0 radical (unpaired) electrons. The predicted molar refractivity (Wildman–Crippen MR) is 32.1 cm³/mol. The lowest BCUT2D eigenvalue weighted by atomic mass is 10.5. The van der Waals surface area contributed by atoms with Gasteiger partial charge >= 0.3 is 0 Å². The first-order valence-electron chi connectivity index (χ1n) is 2.54. The van der Waals surface area contributed by atoms with Crippen LogP contribution >= 0.6 is 0 Å². The van der Waals surface area contributed by atoms with E-state index in [2.05, 4.69) is 0 Å². The minimum absolute atomic E-state index is 0.000000000000000444. The van der Waals surface area contributed by atoms with Gasteiger partial charge in [-0.15, -0.1) is 0 Å². The summed E-state index contributed by atoms with van der Waals surface area (Å²) < 4.78 is 0. The standard InChI is InChI=1S/C5H12N2O/c1-4(6)7(3)5(2)8/h4H,6H2,1-3H3/t4-/m0/s1.